The quantitative estimate of drug-likeness (QED) is 0.906. The highest BCUT2D eigenvalue weighted by Gasteiger charge is 2.17. The average Bonchev–Trinajstić information content (AvgIpc) is 2.39. The Labute approximate surface area is 137 Å². The third-order valence-electron chi connectivity index (χ3n) is 2.49. The van der Waals surface area contributed by atoms with Crippen LogP contribution in [0, 0.1) is 0 Å². The largest absolute Gasteiger partial charge is 0.456 e. The van der Waals surface area contributed by atoms with Crippen molar-refractivity contribution in [2.24, 2.45) is 0 Å². The van der Waals surface area contributed by atoms with Gasteiger partial charge in [-0.2, -0.15) is 0 Å². The second kappa shape index (κ2) is 6.56. The number of benzene rings is 2. The van der Waals surface area contributed by atoms with Crippen LogP contribution in [0.2, 0.25) is 10.0 Å². The van der Waals surface area contributed by atoms with Crippen LogP contribution in [0.25, 0.3) is 0 Å². The monoisotopic (exact) mass is 359 g/mol. The topological polar surface area (TPSA) is 72.5 Å². The van der Waals surface area contributed by atoms with Crippen LogP contribution in [0.5, 0.6) is 11.5 Å². The van der Waals surface area contributed by atoms with Crippen molar-refractivity contribution >= 4 is 39.1 Å². The lowest BCUT2D eigenvalue weighted by Gasteiger charge is -2.11. The SMILES string of the molecule is CS(=O)(=O)NC(=O)c1cc(Cl)ccc1Oc1cccc(Cl)c1. The maximum Gasteiger partial charge on any atom is 0.268 e. The third-order valence-corrected chi connectivity index (χ3v) is 3.51. The lowest BCUT2D eigenvalue weighted by molar-refractivity contribution is 0.0979. The van der Waals surface area contributed by atoms with Crippen LogP contribution in [0.1, 0.15) is 10.4 Å². The molecule has 0 fully saturated rings. The summed E-state index contributed by atoms with van der Waals surface area (Å²) in [7, 11) is -3.70. The second-order valence-electron chi connectivity index (χ2n) is 4.40. The van der Waals surface area contributed by atoms with Crippen molar-refractivity contribution in [2.75, 3.05) is 6.26 Å². The highest BCUT2D eigenvalue weighted by molar-refractivity contribution is 7.89. The van der Waals surface area contributed by atoms with E-state index in [-0.39, 0.29) is 16.3 Å². The Morgan fingerprint density at radius 1 is 1.09 bits per heavy atom. The van der Waals surface area contributed by atoms with Gasteiger partial charge in [0, 0.05) is 10.0 Å². The molecule has 0 atom stereocenters. The van der Waals surface area contributed by atoms with Crippen molar-refractivity contribution in [3.63, 3.8) is 0 Å². The molecule has 0 saturated carbocycles. The molecule has 1 amide bonds. The fraction of sp³-hybridized carbons (Fsp3) is 0.0714. The maximum absolute atomic E-state index is 12.0. The summed E-state index contributed by atoms with van der Waals surface area (Å²) in [5.41, 5.74) is -0.00194. The fourth-order valence-electron chi connectivity index (χ4n) is 1.65. The number of hydrogen-bond acceptors (Lipinski definition) is 4. The summed E-state index contributed by atoms with van der Waals surface area (Å²) in [6.45, 7) is 0. The molecule has 0 spiro atoms. The first-order chi connectivity index (χ1) is 10.2. The molecule has 116 valence electrons. The van der Waals surface area contributed by atoms with Gasteiger partial charge in [0.15, 0.2) is 0 Å². The number of carbonyl (C=O) groups is 1. The first-order valence-corrected chi connectivity index (χ1v) is 8.64. The molecule has 0 aromatic heterocycles. The Morgan fingerprint density at radius 2 is 1.77 bits per heavy atom. The molecule has 0 bridgehead atoms. The molecule has 8 heteroatoms. The van der Waals surface area contributed by atoms with E-state index in [9.17, 15) is 13.2 Å². The summed E-state index contributed by atoms with van der Waals surface area (Å²) < 4.78 is 29.8. The molecular formula is C14H11Cl2NO4S. The van der Waals surface area contributed by atoms with E-state index >= 15 is 0 Å². The number of rotatable bonds is 4. The summed E-state index contributed by atoms with van der Waals surface area (Å²) >= 11 is 11.7. The summed E-state index contributed by atoms with van der Waals surface area (Å²) in [4.78, 5) is 12.0. The number of carbonyl (C=O) groups excluding carboxylic acids is 1. The van der Waals surface area contributed by atoms with Gasteiger partial charge in [-0.1, -0.05) is 29.3 Å². The molecule has 1 N–H and O–H groups in total. The lowest BCUT2D eigenvalue weighted by Crippen LogP contribution is -2.29. The number of sulfonamides is 1. The number of ether oxygens (including phenoxy) is 1. The minimum atomic E-state index is -3.70. The van der Waals surface area contributed by atoms with Crippen molar-refractivity contribution in [3.05, 3.63) is 58.1 Å². The van der Waals surface area contributed by atoms with Crippen LogP contribution in [0.15, 0.2) is 42.5 Å². The zero-order valence-corrected chi connectivity index (χ0v) is 13.7. The van der Waals surface area contributed by atoms with Crippen molar-refractivity contribution < 1.29 is 17.9 Å². The molecule has 2 rings (SSSR count). The van der Waals surface area contributed by atoms with Crippen LogP contribution in [-0.2, 0) is 10.0 Å². The van der Waals surface area contributed by atoms with Crippen molar-refractivity contribution in [2.45, 2.75) is 0 Å². The molecule has 5 nitrogen and oxygen atoms in total. The number of halogens is 2. The highest BCUT2D eigenvalue weighted by Crippen LogP contribution is 2.29. The zero-order chi connectivity index (χ0) is 16.3. The minimum Gasteiger partial charge on any atom is -0.456 e. The molecule has 0 aliphatic rings. The zero-order valence-electron chi connectivity index (χ0n) is 11.3. The smallest absolute Gasteiger partial charge is 0.268 e. The molecule has 2 aromatic carbocycles. The van der Waals surface area contributed by atoms with Gasteiger partial charge in [0.2, 0.25) is 10.0 Å². The van der Waals surface area contributed by atoms with Gasteiger partial charge >= 0.3 is 0 Å². The molecule has 0 heterocycles. The summed E-state index contributed by atoms with van der Waals surface area (Å²) in [6.07, 6.45) is 0.882. The first-order valence-electron chi connectivity index (χ1n) is 6.00. The van der Waals surface area contributed by atoms with Crippen LogP contribution in [0.3, 0.4) is 0 Å². The molecule has 2 aromatic rings. The van der Waals surface area contributed by atoms with Crippen LogP contribution < -0.4 is 9.46 Å². The summed E-state index contributed by atoms with van der Waals surface area (Å²) in [6, 6.07) is 10.9. The Balaban J connectivity index is 2.37. The van der Waals surface area contributed by atoms with E-state index < -0.39 is 15.9 Å². The molecule has 0 aliphatic heterocycles. The van der Waals surface area contributed by atoms with Gasteiger partial charge in [0.25, 0.3) is 5.91 Å². The molecule has 0 radical (unpaired) electrons. The number of hydrogen-bond donors (Lipinski definition) is 1. The normalized spacial score (nSPS) is 11.0. The van der Waals surface area contributed by atoms with Gasteiger partial charge in [-0.25, -0.2) is 13.1 Å². The van der Waals surface area contributed by atoms with Crippen LogP contribution in [-0.4, -0.2) is 20.6 Å². The van der Waals surface area contributed by atoms with Crippen molar-refractivity contribution in [3.8, 4) is 11.5 Å². The van der Waals surface area contributed by atoms with E-state index in [1.54, 1.807) is 24.3 Å². The average molecular weight is 360 g/mol. The lowest BCUT2D eigenvalue weighted by atomic mass is 10.2. The molecule has 0 unspecified atom stereocenters. The Hall–Kier alpha value is -1.76. The van der Waals surface area contributed by atoms with Gasteiger partial charge in [-0.3, -0.25) is 4.79 Å². The van der Waals surface area contributed by atoms with E-state index in [0.29, 0.717) is 10.8 Å². The molecule has 0 aliphatic carbocycles. The van der Waals surface area contributed by atoms with Crippen molar-refractivity contribution in [1.29, 1.82) is 0 Å². The van der Waals surface area contributed by atoms with E-state index in [0.717, 1.165) is 6.26 Å². The van der Waals surface area contributed by atoms with Crippen LogP contribution >= 0.6 is 23.2 Å². The third kappa shape index (κ3) is 4.62. The van der Waals surface area contributed by atoms with E-state index in [2.05, 4.69) is 0 Å². The highest BCUT2D eigenvalue weighted by atomic mass is 35.5. The van der Waals surface area contributed by atoms with Crippen molar-refractivity contribution in [1.82, 2.24) is 4.72 Å². The Bertz CT molecular complexity index is 821. The summed E-state index contributed by atoms with van der Waals surface area (Å²) in [5, 5.41) is 0.741. The van der Waals surface area contributed by atoms with Gasteiger partial charge in [-0.15, -0.1) is 0 Å². The predicted octanol–water partition coefficient (Wildman–Crippen LogP) is 3.48. The maximum atomic E-state index is 12.0. The first kappa shape index (κ1) is 16.6. The Morgan fingerprint density at radius 3 is 2.41 bits per heavy atom. The van der Waals surface area contributed by atoms with Gasteiger partial charge in [0.05, 0.1) is 11.8 Å². The number of nitrogens with one attached hydrogen (secondary N) is 1. The Kier molecular flexibility index (Phi) is 4.95. The molecule has 22 heavy (non-hydrogen) atoms. The van der Waals surface area contributed by atoms with E-state index in [4.69, 9.17) is 27.9 Å². The van der Waals surface area contributed by atoms with Crippen LogP contribution in [0.4, 0.5) is 0 Å². The molecule has 0 saturated heterocycles. The molecular weight excluding hydrogens is 349 g/mol. The number of amides is 1. The van der Waals surface area contributed by atoms with E-state index in [1.165, 1.54) is 18.2 Å². The van der Waals surface area contributed by atoms with Gasteiger partial charge in [0.1, 0.15) is 11.5 Å². The van der Waals surface area contributed by atoms with E-state index in [1.807, 2.05) is 4.72 Å². The second-order valence-corrected chi connectivity index (χ2v) is 7.02. The van der Waals surface area contributed by atoms with Gasteiger partial charge < -0.3 is 4.74 Å². The summed E-state index contributed by atoms with van der Waals surface area (Å²) in [5.74, 6) is -0.266. The standard InChI is InChI=1S/C14H11Cl2NO4S/c1-22(19,20)17-14(18)12-8-10(16)5-6-13(12)21-11-4-2-3-9(15)7-11/h2-8H,1H3,(H,17,18). The fourth-order valence-corrected chi connectivity index (χ4v) is 2.45. The predicted molar refractivity (Wildman–Crippen MR) is 85.3 cm³/mol. The minimum absolute atomic E-state index is 0.00194. The van der Waals surface area contributed by atoms with Gasteiger partial charge in [-0.05, 0) is 36.4 Å².